The number of aryl methyl sites for hydroxylation is 1. The summed E-state index contributed by atoms with van der Waals surface area (Å²) in [5.41, 5.74) is 3.64. The van der Waals surface area contributed by atoms with Crippen LogP contribution in [0.15, 0.2) is 48.5 Å². The van der Waals surface area contributed by atoms with Crippen LogP contribution in [0.1, 0.15) is 32.0 Å². The van der Waals surface area contributed by atoms with Gasteiger partial charge in [0.2, 0.25) is 0 Å². The van der Waals surface area contributed by atoms with Gasteiger partial charge in [-0.3, -0.25) is 4.79 Å². The van der Waals surface area contributed by atoms with Gasteiger partial charge in [0.25, 0.3) is 0 Å². The van der Waals surface area contributed by atoms with Crippen molar-refractivity contribution in [2.24, 2.45) is 7.05 Å². The molecule has 2 aromatic carbocycles. The first kappa shape index (κ1) is 15.0. The van der Waals surface area contributed by atoms with E-state index in [1.54, 1.807) is 24.3 Å². The molecule has 1 aromatic heterocycles. The maximum absolute atomic E-state index is 12.9. The minimum Gasteiger partial charge on any atom is -0.465 e. The average molecular weight is 307 g/mol. The molecule has 0 saturated carbocycles. The van der Waals surface area contributed by atoms with Gasteiger partial charge in [0.05, 0.1) is 18.2 Å². The van der Waals surface area contributed by atoms with Crippen molar-refractivity contribution < 1.29 is 14.3 Å². The van der Waals surface area contributed by atoms with Crippen molar-refractivity contribution >= 4 is 22.7 Å². The number of hydrogen-bond donors (Lipinski definition) is 0. The van der Waals surface area contributed by atoms with E-state index in [9.17, 15) is 9.59 Å². The molecule has 0 saturated heterocycles. The highest BCUT2D eigenvalue weighted by molar-refractivity contribution is 6.17. The SMILES string of the molecule is COC(=O)c1ccc(C(=O)c2c(C)n(C)c3ccccc23)cc1. The number of para-hydroxylation sites is 1. The molecule has 0 N–H and O–H groups in total. The van der Waals surface area contributed by atoms with E-state index in [1.165, 1.54) is 7.11 Å². The van der Waals surface area contributed by atoms with Crippen molar-refractivity contribution in [2.45, 2.75) is 6.92 Å². The molecule has 4 nitrogen and oxygen atoms in total. The summed E-state index contributed by atoms with van der Waals surface area (Å²) in [5, 5.41) is 0.939. The summed E-state index contributed by atoms with van der Waals surface area (Å²) in [5.74, 6) is -0.457. The van der Waals surface area contributed by atoms with E-state index in [1.807, 2.05) is 42.8 Å². The van der Waals surface area contributed by atoms with Crippen LogP contribution >= 0.6 is 0 Å². The number of aromatic nitrogens is 1. The fourth-order valence-corrected chi connectivity index (χ4v) is 2.83. The van der Waals surface area contributed by atoms with Crippen molar-refractivity contribution in [1.82, 2.24) is 4.57 Å². The number of hydrogen-bond acceptors (Lipinski definition) is 3. The van der Waals surface area contributed by atoms with Crippen molar-refractivity contribution in [3.05, 3.63) is 70.9 Å². The maximum atomic E-state index is 12.9. The highest BCUT2D eigenvalue weighted by atomic mass is 16.5. The molecule has 4 heteroatoms. The molecule has 0 fully saturated rings. The molecule has 0 radical (unpaired) electrons. The number of ether oxygens (including phenoxy) is 1. The molecule has 0 spiro atoms. The van der Waals surface area contributed by atoms with Gasteiger partial charge in [-0.2, -0.15) is 0 Å². The van der Waals surface area contributed by atoms with Crippen LogP contribution < -0.4 is 0 Å². The summed E-state index contributed by atoms with van der Waals surface area (Å²) in [6.45, 7) is 1.94. The lowest BCUT2D eigenvalue weighted by Gasteiger charge is -2.04. The second-order valence-corrected chi connectivity index (χ2v) is 5.43. The molecule has 3 aromatic rings. The third kappa shape index (κ3) is 2.42. The van der Waals surface area contributed by atoms with Crippen LogP contribution in [-0.2, 0) is 11.8 Å². The number of benzene rings is 2. The monoisotopic (exact) mass is 307 g/mol. The zero-order valence-corrected chi connectivity index (χ0v) is 13.3. The minimum absolute atomic E-state index is 0.0456. The van der Waals surface area contributed by atoms with Crippen molar-refractivity contribution in [2.75, 3.05) is 7.11 Å². The summed E-state index contributed by atoms with van der Waals surface area (Å²) in [7, 11) is 3.29. The number of carbonyl (C=O) groups is 2. The van der Waals surface area contributed by atoms with Crippen molar-refractivity contribution in [1.29, 1.82) is 0 Å². The van der Waals surface area contributed by atoms with Crippen LogP contribution in [0.4, 0.5) is 0 Å². The Morgan fingerprint density at radius 1 is 0.957 bits per heavy atom. The van der Waals surface area contributed by atoms with Crippen molar-refractivity contribution in [3.8, 4) is 0 Å². The number of methoxy groups -OCH3 is 1. The third-order valence-corrected chi connectivity index (χ3v) is 4.19. The number of carbonyl (C=O) groups excluding carboxylic acids is 2. The van der Waals surface area contributed by atoms with Gasteiger partial charge < -0.3 is 9.30 Å². The van der Waals surface area contributed by atoms with Gasteiger partial charge >= 0.3 is 5.97 Å². The molecule has 23 heavy (non-hydrogen) atoms. The Hall–Kier alpha value is -2.88. The largest absolute Gasteiger partial charge is 0.465 e. The average Bonchev–Trinajstić information content (AvgIpc) is 2.85. The molecule has 3 rings (SSSR count). The van der Waals surface area contributed by atoms with Crippen LogP contribution in [0, 0.1) is 6.92 Å². The predicted molar refractivity (Wildman–Crippen MR) is 88.9 cm³/mol. The second kappa shape index (κ2) is 5.72. The van der Waals surface area contributed by atoms with E-state index >= 15 is 0 Å². The zero-order chi connectivity index (χ0) is 16.6. The topological polar surface area (TPSA) is 48.3 Å². The van der Waals surface area contributed by atoms with Crippen molar-refractivity contribution in [3.63, 3.8) is 0 Å². The molecule has 0 aliphatic carbocycles. The standard InChI is InChI=1S/C19H17NO3/c1-12-17(15-6-4-5-7-16(15)20(12)2)18(21)13-8-10-14(11-9-13)19(22)23-3/h4-11H,1-3H3. The highest BCUT2D eigenvalue weighted by Gasteiger charge is 2.19. The Morgan fingerprint density at radius 3 is 2.22 bits per heavy atom. The lowest BCUT2D eigenvalue weighted by atomic mass is 9.99. The molecular weight excluding hydrogens is 290 g/mol. The fraction of sp³-hybridized carbons (Fsp3) is 0.158. The Bertz CT molecular complexity index is 904. The molecule has 0 aliphatic rings. The summed E-state index contributed by atoms with van der Waals surface area (Å²) in [6, 6.07) is 14.4. The first-order chi connectivity index (χ1) is 11.0. The number of rotatable bonds is 3. The van der Waals surface area contributed by atoms with Crippen LogP contribution in [0.25, 0.3) is 10.9 Å². The van der Waals surface area contributed by atoms with E-state index in [-0.39, 0.29) is 5.78 Å². The van der Waals surface area contributed by atoms with E-state index in [0.29, 0.717) is 16.7 Å². The quantitative estimate of drug-likeness (QED) is 0.549. The third-order valence-electron chi connectivity index (χ3n) is 4.19. The molecule has 116 valence electrons. The van der Waals surface area contributed by atoms with Gasteiger partial charge in [0, 0.05) is 29.2 Å². The first-order valence-corrected chi connectivity index (χ1v) is 7.31. The van der Waals surface area contributed by atoms with Gasteiger partial charge in [-0.25, -0.2) is 4.79 Å². The van der Waals surface area contributed by atoms with Crippen LogP contribution in [0.2, 0.25) is 0 Å². The van der Waals surface area contributed by atoms with Crippen LogP contribution in [-0.4, -0.2) is 23.4 Å². The van der Waals surface area contributed by atoms with E-state index in [4.69, 9.17) is 0 Å². The van der Waals surface area contributed by atoms with E-state index in [2.05, 4.69) is 4.74 Å². The summed E-state index contributed by atoms with van der Waals surface area (Å²) in [4.78, 5) is 24.4. The van der Waals surface area contributed by atoms with E-state index < -0.39 is 5.97 Å². The van der Waals surface area contributed by atoms with Crippen LogP contribution in [0.5, 0.6) is 0 Å². The number of esters is 1. The fourth-order valence-electron chi connectivity index (χ4n) is 2.83. The minimum atomic E-state index is -0.412. The Morgan fingerprint density at radius 2 is 1.57 bits per heavy atom. The molecule has 0 atom stereocenters. The molecule has 0 amide bonds. The summed E-state index contributed by atoms with van der Waals surface area (Å²) >= 11 is 0. The normalized spacial score (nSPS) is 10.7. The Kier molecular flexibility index (Phi) is 3.74. The van der Waals surface area contributed by atoms with Gasteiger partial charge in [0.1, 0.15) is 0 Å². The molecule has 0 unspecified atom stereocenters. The number of nitrogens with zero attached hydrogens (tertiary/aromatic N) is 1. The van der Waals surface area contributed by atoms with Gasteiger partial charge in [-0.05, 0) is 25.1 Å². The molecular formula is C19H17NO3. The first-order valence-electron chi connectivity index (χ1n) is 7.31. The molecule has 0 aliphatic heterocycles. The number of ketones is 1. The Balaban J connectivity index is 2.07. The zero-order valence-electron chi connectivity index (χ0n) is 13.3. The highest BCUT2D eigenvalue weighted by Crippen LogP contribution is 2.27. The smallest absolute Gasteiger partial charge is 0.337 e. The van der Waals surface area contributed by atoms with Gasteiger partial charge in [-0.15, -0.1) is 0 Å². The maximum Gasteiger partial charge on any atom is 0.337 e. The number of fused-ring (bicyclic) bond motifs is 1. The van der Waals surface area contributed by atoms with Gasteiger partial charge in [0.15, 0.2) is 5.78 Å². The Labute approximate surface area is 134 Å². The summed E-state index contributed by atoms with van der Waals surface area (Å²) < 4.78 is 6.69. The predicted octanol–water partition coefficient (Wildman–Crippen LogP) is 3.50. The molecule has 1 heterocycles. The van der Waals surface area contributed by atoms with Gasteiger partial charge in [-0.1, -0.05) is 30.3 Å². The molecule has 0 bridgehead atoms. The lowest BCUT2D eigenvalue weighted by Crippen LogP contribution is -2.06. The van der Waals surface area contributed by atoms with Crippen LogP contribution in [0.3, 0.4) is 0 Å². The lowest BCUT2D eigenvalue weighted by molar-refractivity contribution is 0.0600. The summed E-state index contributed by atoms with van der Waals surface area (Å²) in [6.07, 6.45) is 0. The van der Waals surface area contributed by atoms with E-state index in [0.717, 1.165) is 16.6 Å². The second-order valence-electron chi connectivity index (χ2n) is 5.43.